The summed E-state index contributed by atoms with van der Waals surface area (Å²) in [5, 5.41) is 6.31. The van der Waals surface area contributed by atoms with Gasteiger partial charge in [0, 0.05) is 30.5 Å². The Labute approximate surface area is 136 Å². The second-order valence-electron chi connectivity index (χ2n) is 5.28. The molecule has 3 rings (SSSR count). The molecule has 2 N–H and O–H groups in total. The van der Waals surface area contributed by atoms with Gasteiger partial charge in [-0.05, 0) is 54.8 Å². The normalized spacial score (nSPS) is 12.9. The fraction of sp³-hybridized carbons (Fsp3) is 0.294. The molecule has 1 amide bonds. The molecule has 1 aliphatic heterocycles. The van der Waals surface area contributed by atoms with Crippen molar-refractivity contribution in [2.75, 3.05) is 11.9 Å². The van der Waals surface area contributed by atoms with Crippen molar-refractivity contribution in [2.24, 2.45) is 0 Å². The summed E-state index contributed by atoms with van der Waals surface area (Å²) in [5.74, 6) is 0.0318. The number of amides is 1. The Hall–Kier alpha value is -1.91. The number of rotatable bonds is 4. The number of carbonyl (C=O) groups is 1. The predicted octanol–water partition coefficient (Wildman–Crippen LogP) is 2.72. The Balaban J connectivity index is 0.00000176. The number of benzene rings is 1. The summed E-state index contributed by atoms with van der Waals surface area (Å²) < 4.78 is 0. The summed E-state index contributed by atoms with van der Waals surface area (Å²) in [6.07, 6.45) is 3.93. The van der Waals surface area contributed by atoms with Crippen LogP contribution in [0, 0.1) is 0 Å². The van der Waals surface area contributed by atoms with Crippen LogP contribution in [0.25, 0.3) is 0 Å². The third-order valence-electron chi connectivity index (χ3n) is 3.71. The zero-order chi connectivity index (χ0) is 14.5. The number of nitrogens with zero attached hydrogens (tertiary/aromatic N) is 1. The van der Waals surface area contributed by atoms with Gasteiger partial charge in [0.05, 0.1) is 0 Å². The first kappa shape index (κ1) is 16.5. The van der Waals surface area contributed by atoms with E-state index in [9.17, 15) is 4.79 Å². The average molecular weight is 318 g/mol. The summed E-state index contributed by atoms with van der Waals surface area (Å²) in [6.45, 7) is 1.91. The third kappa shape index (κ3) is 4.29. The molecule has 0 aliphatic carbocycles. The van der Waals surface area contributed by atoms with Crippen LogP contribution in [0.3, 0.4) is 0 Å². The van der Waals surface area contributed by atoms with Gasteiger partial charge in [0.1, 0.15) is 0 Å². The standard InChI is InChI=1S/C17H19N3O.ClH/c21-17(7-6-15-3-1-2-9-19-15)20-16-5-4-13-8-10-18-12-14(13)11-16;/h1-5,9,11,18H,6-8,10,12H2,(H,20,21);1H. The molecule has 2 heterocycles. The largest absolute Gasteiger partial charge is 0.326 e. The molecular formula is C17H20ClN3O. The quantitative estimate of drug-likeness (QED) is 0.911. The number of aromatic nitrogens is 1. The summed E-state index contributed by atoms with van der Waals surface area (Å²) in [7, 11) is 0. The molecule has 0 saturated heterocycles. The first-order valence-electron chi connectivity index (χ1n) is 7.33. The molecule has 4 nitrogen and oxygen atoms in total. The molecule has 0 bridgehead atoms. The Kier molecular flexibility index (Phi) is 5.92. The van der Waals surface area contributed by atoms with Gasteiger partial charge >= 0.3 is 0 Å². The van der Waals surface area contributed by atoms with Crippen LogP contribution >= 0.6 is 12.4 Å². The summed E-state index contributed by atoms with van der Waals surface area (Å²) in [4.78, 5) is 16.2. The van der Waals surface area contributed by atoms with E-state index < -0.39 is 0 Å². The van der Waals surface area contributed by atoms with Crippen molar-refractivity contribution >= 4 is 24.0 Å². The van der Waals surface area contributed by atoms with Gasteiger partial charge in [-0.3, -0.25) is 9.78 Å². The van der Waals surface area contributed by atoms with Crippen LogP contribution in [0.5, 0.6) is 0 Å². The van der Waals surface area contributed by atoms with Gasteiger partial charge in [-0.25, -0.2) is 0 Å². The lowest BCUT2D eigenvalue weighted by Crippen LogP contribution is -2.23. The lowest BCUT2D eigenvalue weighted by atomic mass is 10.0. The maximum Gasteiger partial charge on any atom is 0.224 e. The minimum absolute atomic E-state index is 0. The number of anilines is 1. The molecule has 0 unspecified atom stereocenters. The third-order valence-corrected chi connectivity index (χ3v) is 3.71. The van der Waals surface area contributed by atoms with Gasteiger partial charge in [-0.2, -0.15) is 0 Å². The minimum atomic E-state index is 0. The van der Waals surface area contributed by atoms with Gasteiger partial charge in [0.15, 0.2) is 0 Å². The topological polar surface area (TPSA) is 54.0 Å². The van der Waals surface area contributed by atoms with E-state index in [4.69, 9.17) is 0 Å². The number of pyridine rings is 1. The molecule has 1 aliphatic rings. The predicted molar refractivity (Wildman–Crippen MR) is 90.3 cm³/mol. The van der Waals surface area contributed by atoms with Crippen molar-refractivity contribution in [1.29, 1.82) is 0 Å². The molecule has 1 aromatic carbocycles. The Morgan fingerprint density at radius 1 is 1.23 bits per heavy atom. The fourth-order valence-electron chi connectivity index (χ4n) is 2.57. The lowest BCUT2D eigenvalue weighted by Gasteiger charge is -2.18. The van der Waals surface area contributed by atoms with Crippen LogP contribution in [0.1, 0.15) is 23.2 Å². The summed E-state index contributed by atoms with van der Waals surface area (Å²) >= 11 is 0. The second kappa shape index (κ2) is 7.92. The number of carbonyl (C=O) groups excluding carboxylic acids is 1. The number of hydrogen-bond donors (Lipinski definition) is 2. The van der Waals surface area contributed by atoms with Gasteiger partial charge in [0.25, 0.3) is 0 Å². The van der Waals surface area contributed by atoms with E-state index in [-0.39, 0.29) is 18.3 Å². The van der Waals surface area contributed by atoms with E-state index in [1.807, 2.05) is 24.3 Å². The molecule has 0 atom stereocenters. The highest BCUT2D eigenvalue weighted by Gasteiger charge is 2.10. The smallest absolute Gasteiger partial charge is 0.224 e. The van der Waals surface area contributed by atoms with E-state index in [2.05, 4.69) is 27.8 Å². The lowest BCUT2D eigenvalue weighted by molar-refractivity contribution is -0.116. The molecule has 5 heteroatoms. The van der Waals surface area contributed by atoms with Crippen molar-refractivity contribution < 1.29 is 4.79 Å². The molecule has 1 aromatic heterocycles. The Morgan fingerprint density at radius 3 is 2.95 bits per heavy atom. The highest BCUT2D eigenvalue weighted by Crippen LogP contribution is 2.19. The number of nitrogens with one attached hydrogen (secondary N) is 2. The van der Waals surface area contributed by atoms with Gasteiger partial charge in [0.2, 0.25) is 5.91 Å². The number of aryl methyl sites for hydroxylation is 1. The zero-order valence-corrected chi connectivity index (χ0v) is 13.2. The molecule has 0 saturated carbocycles. The fourth-order valence-corrected chi connectivity index (χ4v) is 2.57. The first-order chi connectivity index (χ1) is 10.3. The highest BCUT2D eigenvalue weighted by atomic mass is 35.5. The molecular weight excluding hydrogens is 298 g/mol. The average Bonchev–Trinajstić information content (AvgIpc) is 2.54. The molecule has 0 spiro atoms. The van der Waals surface area contributed by atoms with Crippen LogP contribution in [0.2, 0.25) is 0 Å². The van der Waals surface area contributed by atoms with E-state index >= 15 is 0 Å². The van der Waals surface area contributed by atoms with Crippen molar-refractivity contribution in [3.8, 4) is 0 Å². The maximum atomic E-state index is 12.0. The first-order valence-corrected chi connectivity index (χ1v) is 7.33. The van der Waals surface area contributed by atoms with E-state index in [0.29, 0.717) is 12.8 Å². The van der Waals surface area contributed by atoms with Crippen LogP contribution in [0.4, 0.5) is 5.69 Å². The Morgan fingerprint density at radius 2 is 2.14 bits per heavy atom. The van der Waals surface area contributed by atoms with Gasteiger partial charge in [-0.15, -0.1) is 12.4 Å². The van der Waals surface area contributed by atoms with E-state index in [1.165, 1.54) is 11.1 Å². The van der Waals surface area contributed by atoms with Gasteiger partial charge < -0.3 is 10.6 Å². The maximum absolute atomic E-state index is 12.0. The van der Waals surface area contributed by atoms with E-state index in [1.54, 1.807) is 6.20 Å². The monoisotopic (exact) mass is 317 g/mol. The molecule has 22 heavy (non-hydrogen) atoms. The van der Waals surface area contributed by atoms with Crippen molar-refractivity contribution in [3.05, 3.63) is 59.4 Å². The molecule has 116 valence electrons. The number of halogens is 1. The number of fused-ring (bicyclic) bond motifs is 1. The number of hydrogen-bond acceptors (Lipinski definition) is 3. The van der Waals surface area contributed by atoms with Crippen molar-refractivity contribution in [2.45, 2.75) is 25.8 Å². The minimum Gasteiger partial charge on any atom is -0.326 e. The molecule has 0 radical (unpaired) electrons. The second-order valence-corrected chi connectivity index (χ2v) is 5.28. The van der Waals surface area contributed by atoms with Crippen molar-refractivity contribution in [1.82, 2.24) is 10.3 Å². The van der Waals surface area contributed by atoms with Crippen LogP contribution in [0.15, 0.2) is 42.6 Å². The highest BCUT2D eigenvalue weighted by molar-refractivity contribution is 5.90. The van der Waals surface area contributed by atoms with Crippen LogP contribution in [-0.4, -0.2) is 17.4 Å². The van der Waals surface area contributed by atoms with Crippen LogP contribution in [-0.2, 0) is 24.2 Å². The Bertz CT molecular complexity index is 631. The summed E-state index contributed by atoms with van der Waals surface area (Å²) in [6, 6.07) is 11.9. The van der Waals surface area contributed by atoms with Gasteiger partial charge in [-0.1, -0.05) is 12.1 Å². The van der Waals surface area contributed by atoms with E-state index in [0.717, 1.165) is 30.9 Å². The van der Waals surface area contributed by atoms with Crippen molar-refractivity contribution in [3.63, 3.8) is 0 Å². The zero-order valence-electron chi connectivity index (χ0n) is 12.3. The molecule has 0 fully saturated rings. The SMILES string of the molecule is Cl.O=C(CCc1ccccn1)Nc1ccc2c(c1)CNCC2. The summed E-state index contributed by atoms with van der Waals surface area (Å²) in [5.41, 5.74) is 4.48. The van der Waals surface area contributed by atoms with Crippen LogP contribution < -0.4 is 10.6 Å². The molecule has 2 aromatic rings.